The minimum atomic E-state index is 0.650. The zero-order valence-electron chi connectivity index (χ0n) is 12.9. The second-order valence-corrected chi connectivity index (χ2v) is 5.55. The number of aryl methyl sites for hydroxylation is 2. The first kappa shape index (κ1) is 15.0. The Morgan fingerprint density at radius 2 is 2.10 bits per heavy atom. The molecule has 0 aliphatic heterocycles. The molecule has 2 N–H and O–H groups in total. The topological polar surface area (TPSA) is 47.1 Å². The molecular formula is C16H26N4. The number of nitrogens with two attached hydrogens (primary N) is 1. The lowest BCUT2D eigenvalue weighted by Crippen LogP contribution is -2.16. The van der Waals surface area contributed by atoms with Gasteiger partial charge in [-0.1, -0.05) is 13.0 Å². The van der Waals surface area contributed by atoms with Crippen LogP contribution in [0.2, 0.25) is 0 Å². The summed E-state index contributed by atoms with van der Waals surface area (Å²) < 4.78 is 2.34. The van der Waals surface area contributed by atoms with Crippen molar-refractivity contribution in [2.45, 2.75) is 32.7 Å². The van der Waals surface area contributed by atoms with Crippen molar-refractivity contribution < 1.29 is 0 Å². The van der Waals surface area contributed by atoms with E-state index in [0.717, 1.165) is 43.7 Å². The normalized spacial score (nSPS) is 11.7. The predicted octanol–water partition coefficient (Wildman–Crippen LogP) is 2.05. The number of benzene rings is 1. The van der Waals surface area contributed by atoms with Crippen LogP contribution in [-0.4, -0.2) is 41.6 Å². The third-order valence-electron chi connectivity index (χ3n) is 3.65. The molecule has 0 spiro atoms. The Morgan fingerprint density at radius 1 is 1.30 bits per heavy atom. The van der Waals surface area contributed by atoms with E-state index in [1.807, 2.05) is 0 Å². The van der Waals surface area contributed by atoms with Crippen LogP contribution in [-0.2, 0) is 19.4 Å². The van der Waals surface area contributed by atoms with Crippen molar-refractivity contribution in [3.63, 3.8) is 0 Å². The summed E-state index contributed by atoms with van der Waals surface area (Å²) in [4.78, 5) is 7.00. The van der Waals surface area contributed by atoms with Crippen molar-refractivity contribution in [3.05, 3.63) is 29.6 Å². The van der Waals surface area contributed by atoms with E-state index in [2.05, 4.69) is 48.7 Å². The average molecular weight is 274 g/mol. The van der Waals surface area contributed by atoms with Crippen molar-refractivity contribution in [3.8, 4) is 0 Å². The summed E-state index contributed by atoms with van der Waals surface area (Å²) in [5.41, 5.74) is 9.41. The zero-order chi connectivity index (χ0) is 14.5. The first-order valence-electron chi connectivity index (χ1n) is 7.48. The van der Waals surface area contributed by atoms with Crippen LogP contribution in [0, 0.1) is 0 Å². The molecule has 0 saturated carbocycles. The quantitative estimate of drug-likeness (QED) is 0.840. The third kappa shape index (κ3) is 3.38. The van der Waals surface area contributed by atoms with Crippen LogP contribution in [0.1, 0.15) is 24.7 Å². The Kier molecular flexibility index (Phi) is 5.15. The molecule has 20 heavy (non-hydrogen) atoms. The smallest absolute Gasteiger partial charge is 0.111 e. The van der Waals surface area contributed by atoms with Gasteiger partial charge in [-0.3, -0.25) is 0 Å². The van der Waals surface area contributed by atoms with Crippen LogP contribution in [0.25, 0.3) is 11.0 Å². The molecule has 0 amide bonds. The summed E-state index contributed by atoms with van der Waals surface area (Å²) in [7, 11) is 4.22. The van der Waals surface area contributed by atoms with E-state index in [-0.39, 0.29) is 0 Å². The molecule has 0 aliphatic carbocycles. The summed E-state index contributed by atoms with van der Waals surface area (Å²) >= 11 is 0. The van der Waals surface area contributed by atoms with E-state index in [1.54, 1.807) is 0 Å². The second-order valence-electron chi connectivity index (χ2n) is 5.55. The van der Waals surface area contributed by atoms with Crippen molar-refractivity contribution in [1.29, 1.82) is 0 Å². The number of imidazole rings is 1. The number of aromatic nitrogens is 2. The number of hydrogen-bond acceptors (Lipinski definition) is 3. The largest absolute Gasteiger partial charge is 0.330 e. The highest BCUT2D eigenvalue weighted by molar-refractivity contribution is 5.77. The van der Waals surface area contributed by atoms with E-state index in [9.17, 15) is 0 Å². The number of hydrogen-bond donors (Lipinski definition) is 1. The molecule has 0 fully saturated rings. The third-order valence-corrected chi connectivity index (χ3v) is 3.65. The minimum Gasteiger partial charge on any atom is -0.330 e. The Bertz CT molecular complexity index is 557. The van der Waals surface area contributed by atoms with Gasteiger partial charge in [-0.05, 0) is 57.7 Å². The summed E-state index contributed by atoms with van der Waals surface area (Å²) in [5, 5.41) is 0. The number of fused-ring (bicyclic) bond motifs is 1. The van der Waals surface area contributed by atoms with Crippen LogP contribution in [0.4, 0.5) is 0 Å². The number of nitrogens with zero attached hydrogens (tertiary/aromatic N) is 3. The molecule has 110 valence electrons. The fourth-order valence-electron chi connectivity index (χ4n) is 2.56. The molecule has 1 heterocycles. The van der Waals surface area contributed by atoms with E-state index in [4.69, 9.17) is 10.7 Å². The molecule has 4 nitrogen and oxygen atoms in total. The highest BCUT2D eigenvalue weighted by atomic mass is 15.1. The van der Waals surface area contributed by atoms with Gasteiger partial charge in [-0.15, -0.1) is 0 Å². The molecule has 0 radical (unpaired) electrons. The molecule has 2 aromatic rings. The first-order chi connectivity index (χ1) is 9.65. The fraction of sp³-hybridized carbons (Fsp3) is 0.562. The van der Waals surface area contributed by atoms with Crippen molar-refractivity contribution >= 4 is 11.0 Å². The summed E-state index contributed by atoms with van der Waals surface area (Å²) in [5.74, 6) is 1.12. The molecule has 1 aromatic heterocycles. The van der Waals surface area contributed by atoms with Gasteiger partial charge in [0.25, 0.3) is 0 Å². The monoisotopic (exact) mass is 274 g/mol. The maximum Gasteiger partial charge on any atom is 0.111 e. The Labute approximate surface area is 121 Å². The van der Waals surface area contributed by atoms with Crippen LogP contribution in [0.3, 0.4) is 0 Å². The van der Waals surface area contributed by atoms with Gasteiger partial charge in [-0.25, -0.2) is 4.98 Å². The van der Waals surface area contributed by atoms with Gasteiger partial charge in [-0.2, -0.15) is 0 Å². The van der Waals surface area contributed by atoms with Gasteiger partial charge < -0.3 is 15.2 Å². The van der Waals surface area contributed by atoms with Crippen molar-refractivity contribution in [2.24, 2.45) is 5.73 Å². The highest BCUT2D eigenvalue weighted by Gasteiger charge is 2.10. The van der Waals surface area contributed by atoms with Crippen molar-refractivity contribution in [1.82, 2.24) is 14.5 Å². The van der Waals surface area contributed by atoms with Crippen LogP contribution >= 0.6 is 0 Å². The molecule has 0 atom stereocenters. The Balaban J connectivity index is 2.30. The fourth-order valence-corrected chi connectivity index (χ4v) is 2.56. The molecule has 0 saturated heterocycles. The molecule has 1 aromatic carbocycles. The lowest BCUT2D eigenvalue weighted by atomic mass is 10.1. The standard InChI is InChI=1S/C16H26N4/c1-4-13-6-7-15-14(12-13)18-16(8-9-17)20(15)11-5-10-19(2)3/h6-7,12H,4-5,8-11,17H2,1-3H3. The summed E-state index contributed by atoms with van der Waals surface area (Å²) in [6, 6.07) is 6.62. The summed E-state index contributed by atoms with van der Waals surface area (Å²) in [6.45, 7) is 4.93. The molecule has 0 aliphatic rings. The van der Waals surface area contributed by atoms with Crippen LogP contribution < -0.4 is 5.73 Å². The number of rotatable bonds is 7. The average Bonchev–Trinajstić information content (AvgIpc) is 2.76. The molecule has 4 heteroatoms. The van der Waals surface area contributed by atoms with E-state index in [1.165, 1.54) is 11.1 Å². The minimum absolute atomic E-state index is 0.650. The zero-order valence-corrected chi connectivity index (χ0v) is 12.9. The Hall–Kier alpha value is -1.39. The van der Waals surface area contributed by atoms with Gasteiger partial charge in [0.1, 0.15) is 5.82 Å². The van der Waals surface area contributed by atoms with Crippen molar-refractivity contribution in [2.75, 3.05) is 27.2 Å². The SMILES string of the molecule is CCc1ccc2c(c1)nc(CCN)n2CCCN(C)C. The van der Waals surface area contributed by atoms with Gasteiger partial charge in [0.2, 0.25) is 0 Å². The van der Waals surface area contributed by atoms with E-state index in [0.29, 0.717) is 6.54 Å². The van der Waals surface area contributed by atoms with Crippen LogP contribution in [0.5, 0.6) is 0 Å². The van der Waals surface area contributed by atoms with Gasteiger partial charge in [0.05, 0.1) is 11.0 Å². The van der Waals surface area contributed by atoms with Gasteiger partial charge in [0.15, 0.2) is 0 Å². The molecule has 0 unspecified atom stereocenters. The lowest BCUT2D eigenvalue weighted by molar-refractivity contribution is 0.386. The molecular weight excluding hydrogens is 248 g/mol. The Morgan fingerprint density at radius 3 is 2.75 bits per heavy atom. The maximum absolute atomic E-state index is 5.72. The molecule has 0 bridgehead atoms. The predicted molar refractivity (Wildman–Crippen MR) is 85.0 cm³/mol. The second kappa shape index (κ2) is 6.86. The van der Waals surface area contributed by atoms with E-state index >= 15 is 0 Å². The van der Waals surface area contributed by atoms with Gasteiger partial charge >= 0.3 is 0 Å². The highest BCUT2D eigenvalue weighted by Crippen LogP contribution is 2.19. The molecule has 2 rings (SSSR count). The van der Waals surface area contributed by atoms with Gasteiger partial charge in [0, 0.05) is 13.0 Å². The van der Waals surface area contributed by atoms with E-state index < -0.39 is 0 Å². The maximum atomic E-state index is 5.72. The van der Waals surface area contributed by atoms with Crippen LogP contribution in [0.15, 0.2) is 18.2 Å². The summed E-state index contributed by atoms with van der Waals surface area (Å²) in [6.07, 6.45) is 3.03. The lowest BCUT2D eigenvalue weighted by Gasteiger charge is -2.12. The first-order valence-corrected chi connectivity index (χ1v) is 7.48.